The number of carbonyl (C=O) groups is 7. The van der Waals surface area contributed by atoms with Crippen molar-refractivity contribution in [2.45, 2.75) is 76.2 Å². The van der Waals surface area contributed by atoms with E-state index in [1.165, 1.54) is 13.8 Å². The van der Waals surface area contributed by atoms with Crippen molar-refractivity contribution < 1.29 is 54.0 Å². The summed E-state index contributed by atoms with van der Waals surface area (Å²) in [5.41, 5.74) is 5.40. The van der Waals surface area contributed by atoms with E-state index in [1.54, 1.807) is 0 Å². The lowest BCUT2D eigenvalue weighted by atomic mass is 10.0. The van der Waals surface area contributed by atoms with Gasteiger partial charge in [0, 0.05) is 6.42 Å². The molecule has 0 aliphatic rings. The summed E-state index contributed by atoms with van der Waals surface area (Å²) >= 11 is 0. The van der Waals surface area contributed by atoms with Gasteiger partial charge < -0.3 is 47.4 Å². The molecule has 0 aromatic rings. The van der Waals surface area contributed by atoms with Gasteiger partial charge in [-0.25, -0.2) is 4.79 Å². The molecule has 0 heterocycles. The number of aliphatic hydroxyl groups is 1. The van der Waals surface area contributed by atoms with Gasteiger partial charge in [-0.2, -0.15) is 0 Å². The molecule has 0 fully saturated rings. The van der Waals surface area contributed by atoms with Gasteiger partial charge in [0.05, 0.1) is 0 Å². The van der Waals surface area contributed by atoms with Crippen molar-refractivity contribution in [3.8, 4) is 0 Å². The molecular weight excluding hydrogens is 486 g/mol. The Morgan fingerprint density at radius 1 is 0.750 bits per heavy atom. The number of aliphatic carboxylic acids is 3. The summed E-state index contributed by atoms with van der Waals surface area (Å²) in [6, 6.07) is -5.15. The van der Waals surface area contributed by atoms with Gasteiger partial charge in [-0.05, 0) is 39.5 Å². The fourth-order valence-electron chi connectivity index (χ4n) is 2.72. The molecule has 16 heteroatoms. The van der Waals surface area contributed by atoms with Gasteiger partial charge in [-0.3, -0.25) is 28.8 Å². The maximum atomic E-state index is 12.4. The van der Waals surface area contributed by atoms with Crippen molar-refractivity contribution in [1.82, 2.24) is 21.3 Å². The summed E-state index contributed by atoms with van der Waals surface area (Å²) in [7, 11) is 0. The van der Waals surface area contributed by atoms with Crippen LogP contribution in [0.15, 0.2) is 0 Å². The zero-order valence-corrected chi connectivity index (χ0v) is 19.9. The van der Waals surface area contributed by atoms with Crippen LogP contribution < -0.4 is 27.0 Å². The van der Waals surface area contributed by atoms with E-state index in [0.717, 1.165) is 0 Å². The standard InChI is InChI=1S/C20H33N5O11/c1-9(23-17(31)10(2)26)16(30)25-13(20(35)36)6-7-14(27)24-12(18(32)22-8-15(28)29)5-3-4-11(21)19(33)34/h9-13,26H,3-8,21H2,1-2H3,(H,22,32)(H,23,31)(H,24,27)(H,25,30)(H,28,29)(H,33,34)(H,35,36)/t9-,10-,11-,12+,13-/m1/s1. The average molecular weight is 520 g/mol. The van der Waals surface area contributed by atoms with Gasteiger partial charge in [0.1, 0.15) is 36.8 Å². The van der Waals surface area contributed by atoms with E-state index in [0.29, 0.717) is 0 Å². The molecule has 0 aliphatic carbocycles. The summed E-state index contributed by atoms with van der Waals surface area (Å²) in [5, 5.41) is 44.8. The van der Waals surface area contributed by atoms with Crippen molar-refractivity contribution in [2.75, 3.05) is 6.54 Å². The second-order valence-electron chi connectivity index (χ2n) is 7.95. The highest BCUT2D eigenvalue weighted by atomic mass is 16.4. The Hall–Kier alpha value is -3.79. The van der Waals surface area contributed by atoms with Crippen LogP contribution in [0.25, 0.3) is 0 Å². The summed E-state index contributed by atoms with van der Waals surface area (Å²) < 4.78 is 0. The van der Waals surface area contributed by atoms with Crippen molar-refractivity contribution in [1.29, 1.82) is 0 Å². The summed E-state index contributed by atoms with van der Waals surface area (Å²) in [6.45, 7) is 1.71. The quantitative estimate of drug-likeness (QED) is 0.0905. The normalized spacial score (nSPS) is 14.8. The number of aliphatic hydroxyl groups excluding tert-OH is 1. The van der Waals surface area contributed by atoms with E-state index in [1.807, 2.05) is 0 Å². The van der Waals surface area contributed by atoms with Crippen LogP contribution in [-0.4, -0.2) is 98.8 Å². The smallest absolute Gasteiger partial charge is 0.326 e. The molecule has 0 saturated heterocycles. The van der Waals surface area contributed by atoms with E-state index in [4.69, 9.17) is 15.9 Å². The molecule has 0 rings (SSSR count). The summed E-state index contributed by atoms with van der Waals surface area (Å²) in [5.74, 6) is -7.42. The first kappa shape index (κ1) is 32.2. The second kappa shape index (κ2) is 16.0. The molecule has 5 atom stereocenters. The van der Waals surface area contributed by atoms with Crippen LogP contribution in [0.4, 0.5) is 0 Å². The first-order valence-corrected chi connectivity index (χ1v) is 10.9. The van der Waals surface area contributed by atoms with Gasteiger partial charge in [-0.1, -0.05) is 0 Å². The van der Waals surface area contributed by atoms with Crippen molar-refractivity contribution in [2.24, 2.45) is 5.73 Å². The van der Waals surface area contributed by atoms with Crippen molar-refractivity contribution >= 4 is 41.5 Å². The highest BCUT2D eigenvalue weighted by Crippen LogP contribution is 2.06. The molecule has 0 aromatic heterocycles. The van der Waals surface area contributed by atoms with E-state index >= 15 is 0 Å². The first-order valence-electron chi connectivity index (χ1n) is 10.9. The Kier molecular flexibility index (Phi) is 14.3. The van der Waals surface area contributed by atoms with E-state index < -0.39 is 91.2 Å². The number of carbonyl (C=O) groups excluding carboxylic acids is 4. The Bertz CT molecular complexity index is 833. The third kappa shape index (κ3) is 13.2. The molecule has 204 valence electrons. The van der Waals surface area contributed by atoms with Crippen molar-refractivity contribution in [3.63, 3.8) is 0 Å². The summed E-state index contributed by atoms with van der Waals surface area (Å²) in [4.78, 5) is 81.2. The third-order valence-corrected chi connectivity index (χ3v) is 4.80. The molecule has 0 unspecified atom stereocenters. The van der Waals surface area contributed by atoms with Gasteiger partial charge in [0.2, 0.25) is 23.6 Å². The lowest BCUT2D eigenvalue weighted by Crippen LogP contribution is -2.52. The maximum absolute atomic E-state index is 12.4. The van der Waals surface area contributed by atoms with Crippen LogP contribution in [0.5, 0.6) is 0 Å². The second-order valence-corrected chi connectivity index (χ2v) is 7.95. The van der Waals surface area contributed by atoms with Crippen LogP contribution in [0.3, 0.4) is 0 Å². The SMILES string of the molecule is C[C@@H](O)C(=O)N[C@H](C)C(=O)N[C@H](CCC(=O)N[C@@H](CCC[C@@H](N)C(=O)O)C(=O)NCC(=O)O)C(=O)O. The van der Waals surface area contributed by atoms with Gasteiger partial charge in [0.15, 0.2) is 0 Å². The Labute approximate surface area is 206 Å². The zero-order valence-electron chi connectivity index (χ0n) is 19.9. The minimum absolute atomic E-state index is 0.0230. The van der Waals surface area contributed by atoms with Crippen LogP contribution in [-0.2, 0) is 33.6 Å². The lowest BCUT2D eigenvalue weighted by molar-refractivity contribution is -0.143. The number of nitrogens with one attached hydrogen (secondary N) is 4. The first-order chi connectivity index (χ1) is 16.6. The molecule has 0 bridgehead atoms. The maximum Gasteiger partial charge on any atom is 0.326 e. The zero-order chi connectivity index (χ0) is 28.0. The molecule has 0 saturated carbocycles. The van der Waals surface area contributed by atoms with E-state index in [9.17, 15) is 43.8 Å². The Morgan fingerprint density at radius 3 is 1.86 bits per heavy atom. The molecule has 36 heavy (non-hydrogen) atoms. The predicted molar refractivity (Wildman–Crippen MR) is 120 cm³/mol. The minimum atomic E-state index is -1.53. The molecule has 10 N–H and O–H groups in total. The number of rotatable bonds is 17. The van der Waals surface area contributed by atoms with Crippen LogP contribution >= 0.6 is 0 Å². The molecule has 0 aliphatic heterocycles. The Morgan fingerprint density at radius 2 is 1.36 bits per heavy atom. The van der Waals surface area contributed by atoms with Gasteiger partial charge in [0.25, 0.3) is 0 Å². The fourth-order valence-corrected chi connectivity index (χ4v) is 2.72. The molecule has 0 spiro atoms. The molecule has 0 radical (unpaired) electrons. The minimum Gasteiger partial charge on any atom is -0.480 e. The van der Waals surface area contributed by atoms with Crippen LogP contribution in [0.2, 0.25) is 0 Å². The molecular formula is C20H33N5O11. The molecule has 4 amide bonds. The summed E-state index contributed by atoms with van der Waals surface area (Å²) in [6.07, 6.45) is -2.23. The number of carboxylic acids is 3. The molecule has 16 nitrogen and oxygen atoms in total. The highest BCUT2D eigenvalue weighted by Gasteiger charge is 2.27. The number of hydrogen-bond donors (Lipinski definition) is 9. The predicted octanol–water partition coefficient (Wildman–Crippen LogP) is -3.51. The van der Waals surface area contributed by atoms with E-state index in [-0.39, 0.29) is 19.3 Å². The number of hydrogen-bond acceptors (Lipinski definition) is 9. The fraction of sp³-hybridized carbons (Fsp3) is 0.650. The largest absolute Gasteiger partial charge is 0.480 e. The molecule has 0 aromatic carbocycles. The van der Waals surface area contributed by atoms with Crippen LogP contribution in [0.1, 0.15) is 46.0 Å². The number of carboxylic acid groups (broad SMARTS) is 3. The van der Waals surface area contributed by atoms with Crippen molar-refractivity contribution in [3.05, 3.63) is 0 Å². The Balaban J connectivity index is 5.04. The lowest BCUT2D eigenvalue weighted by Gasteiger charge is -2.21. The van der Waals surface area contributed by atoms with Gasteiger partial charge in [-0.15, -0.1) is 0 Å². The topological polar surface area (TPSA) is 275 Å². The third-order valence-electron chi connectivity index (χ3n) is 4.80. The van der Waals surface area contributed by atoms with Gasteiger partial charge >= 0.3 is 17.9 Å². The highest BCUT2D eigenvalue weighted by molar-refractivity contribution is 5.92. The van der Waals surface area contributed by atoms with E-state index in [2.05, 4.69) is 21.3 Å². The monoisotopic (exact) mass is 519 g/mol. The van der Waals surface area contributed by atoms with Crippen LogP contribution in [0, 0.1) is 0 Å². The number of amides is 4. The number of nitrogens with two attached hydrogens (primary N) is 1. The average Bonchev–Trinajstić information content (AvgIpc) is 2.78.